The lowest BCUT2D eigenvalue weighted by Crippen LogP contribution is -2.46. The Balaban J connectivity index is 1.47. The Bertz CT molecular complexity index is 881. The summed E-state index contributed by atoms with van der Waals surface area (Å²) in [6.07, 6.45) is 1.81. The molecule has 0 saturated carbocycles. The van der Waals surface area contributed by atoms with E-state index in [2.05, 4.69) is 56.7 Å². The number of pyridine rings is 1. The van der Waals surface area contributed by atoms with Crippen LogP contribution in [0.3, 0.4) is 0 Å². The molecular weight excluding hydrogens is 410 g/mol. The van der Waals surface area contributed by atoms with Gasteiger partial charge in [0, 0.05) is 43.8 Å². The number of aromatic nitrogens is 3. The first-order valence-electron chi connectivity index (χ1n) is 8.81. The van der Waals surface area contributed by atoms with E-state index in [0.717, 1.165) is 49.9 Å². The number of thiophene rings is 1. The van der Waals surface area contributed by atoms with Crippen molar-refractivity contribution in [3.05, 3.63) is 56.6 Å². The maximum absolute atomic E-state index is 4.74. The summed E-state index contributed by atoms with van der Waals surface area (Å²) in [6, 6.07) is 10.3. The van der Waals surface area contributed by atoms with Gasteiger partial charge in [0.15, 0.2) is 5.82 Å². The van der Waals surface area contributed by atoms with Gasteiger partial charge in [-0.1, -0.05) is 6.07 Å². The van der Waals surface area contributed by atoms with Gasteiger partial charge < -0.3 is 4.90 Å². The summed E-state index contributed by atoms with van der Waals surface area (Å²) in [5.41, 5.74) is 3.50. The first-order valence-corrected chi connectivity index (χ1v) is 10.4. The van der Waals surface area contributed by atoms with Gasteiger partial charge in [-0.2, -0.15) is 5.10 Å². The van der Waals surface area contributed by atoms with Crippen LogP contribution in [-0.2, 0) is 6.54 Å². The number of rotatable bonds is 4. The molecule has 0 N–H and O–H groups in total. The average Bonchev–Trinajstić information content (AvgIpc) is 3.19. The molecule has 1 fully saturated rings. The van der Waals surface area contributed by atoms with Crippen LogP contribution in [0.15, 0.2) is 40.3 Å². The molecule has 136 valence electrons. The van der Waals surface area contributed by atoms with Gasteiger partial charge in [0.1, 0.15) is 0 Å². The van der Waals surface area contributed by atoms with Gasteiger partial charge in [0.25, 0.3) is 0 Å². The topological polar surface area (TPSA) is 37.2 Å². The summed E-state index contributed by atoms with van der Waals surface area (Å²) in [5, 5.41) is 4.74. The summed E-state index contributed by atoms with van der Waals surface area (Å²) < 4.78 is 3.17. The van der Waals surface area contributed by atoms with Gasteiger partial charge in [-0.3, -0.25) is 4.90 Å². The monoisotopic (exact) mass is 431 g/mol. The SMILES string of the molecule is Cc1nn(-c2ccccn2)c(C)c1N1CCN(Cc2ccc(Br)s2)CC1. The minimum Gasteiger partial charge on any atom is -0.366 e. The summed E-state index contributed by atoms with van der Waals surface area (Å²) >= 11 is 5.38. The van der Waals surface area contributed by atoms with Crippen molar-refractivity contribution in [1.29, 1.82) is 0 Å². The van der Waals surface area contributed by atoms with Gasteiger partial charge in [0.2, 0.25) is 0 Å². The molecular formula is C19H22BrN5S. The largest absolute Gasteiger partial charge is 0.366 e. The summed E-state index contributed by atoms with van der Waals surface area (Å²) in [6.45, 7) is 9.47. The first-order chi connectivity index (χ1) is 12.6. The number of nitrogens with zero attached hydrogens (tertiary/aromatic N) is 5. The van der Waals surface area contributed by atoms with E-state index < -0.39 is 0 Å². The van der Waals surface area contributed by atoms with Crippen LogP contribution >= 0.6 is 27.3 Å². The number of anilines is 1. The molecule has 1 aliphatic heterocycles. The van der Waals surface area contributed by atoms with E-state index >= 15 is 0 Å². The van der Waals surface area contributed by atoms with E-state index in [0.29, 0.717) is 0 Å². The number of piperazine rings is 1. The predicted octanol–water partition coefficient (Wildman–Crippen LogP) is 4.03. The fourth-order valence-electron chi connectivity index (χ4n) is 3.58. The van der Waals surface area contributed by atoms with Gasteiger partial charge in [-0.15, -0.1) is 11.3 Å². The second kappa shape index (κ2) is 7.50. The maximum atomic E-state index is 4.74. The maximum Gasteiger partial charge on any atom is 0.153 e. The molecule has 1 saturated heterocycles. The highest BCUT2D eigenvalue weighted by molar-refractivity contribution is 9.11. The van der Waals surface area contributed by atoms with Gasteiger partial charge in [-0.25, -0.2) is 9.67 Å². The summed E-state index contributed by atoms with van der Waals surface area (Å²) in [7, 11) is 0. The van der Waals surface area contributed by atoms with Gasteiger partial charge in [0.05, 0.1) is 20.9 Å². The third-order valence-corrected chi connectivity index (χ3v) is 6.42. The smallest absolute Gasteiger partial charge is 0.153 e. The zero-order valence-electron chi connectivity index (χ0n) is 15.0. The highest BCUT2D eigenvalue weighted by Crippen LogP contribution is 2.28. The van der Waals surface area contributed by atoms with Crippen LogP contribution in [0.1, 0.15) is 16.3 Å². The Hall–Kier alpha value is -1.70. The molecule has 7 heteroatoms. The fraction of sp³-hybridized carbons (Fsp3) is 0.368. The van der Waals surface area contributed by atoms with Crippen LogP contribution in [0.5, 0.6) is 0 Å². The summed E-state index contributed by atoms with van der Waals surface area (Å²) in [4.78, 5) is 10.9. The van der Waals surface area contributed by atoms with Crippen molar-refractivity contribution in [2.75, 3.05) is 31.1 Å². The Kier molecular flexibility index (Phi) is 5.11. The van der Waals surface area contributed by atoms with Crippen molar-refractivity contribution in [2.24, 2.45) is 0 Å². The normalized spacial score (nSPS) is 15.6. The first kappa shape index (κ1) is 17.7. The van der Waals surface area contributed by atoms with Crippen LogP contribution in [-0.4, -0.2) is 45.8 Å². The van der Waals surface area contributed by atoms with E-state index in [1.165, 1.54) is 14.4 Å². The fourth-order valence-corrected chi connectivity index (χ4v) is 5.11. The summed E-state index contributed by atoms with van der Waals surface area (Å²) in [5.74, 6) is 0.876. The van der Waals surface area contributed by atoms with E-state index in [9.17, 15) is 0 Å². The molecule has 0 unspecified atom stereocenters. The van der Waals surface area contributed by atoms with Crippen molar-refractivity contribution >= 4 is 33.0 Å². The molecule has 3 aromatic heterocycles. The Morgan fingerprint density at radius 3 is 2.54 bits per heavy atom. The standard InChI is InChI=1S/C19H22BrN5S/c1-14-19(15(2)25(22-14)18-5-3-4-8-21-18)24-11-9-23(10-12-24)13-16-6-7-17(20)26-16/h3-8H,9-13H2,1-2H3. The molecule has 5 nitrogen and oxygen atoms in total. The van der Waals surface area contributed by atoms with E-state index in [-0.39, 0.29) is 0 Å². The quantitative estimate of drug-likeness (QED) is 0.624. The molecule has 0 amide bonds. The van der Waals surface area contributed by atoms with Gasteiger partial charge >= 0.3 is 0 Å². The van der Waals surface area contributed by atoms with Crippen LogP contribution in [0.25, 0.3) is 5.82 Å². The third-order valence-electron chi connectivity index (χ3n) is 4.82. The molecule has 0 atom stereocenters. The van der Waals surface area contributed by atoms with Crippen LogP contribution in [0.4, 0.5) is 5.69 Å². The van der Waals surface area contributed by atoms with E-state index in [1.54, 1.807) is 0 Å². The number of hydrogen-bond donors (Lipinski definition) is 0. The molecule has 0 radical (unpaired) electrons. The highest BCUT2D eigenvalue weighted by atomic mass is 79.9. The van der Waals surface area contributed by atoms with E-state index in [1.807, 2.05) is 40.4 Å². The minimum atomic E-state index is 0.876. The third kappa shape index (κ3) is 3.56. The second-order valence-electron chi connectivity index (χ2n) is 6.59. The molecule has 26 heavy (non-hydrogen) atoms. The highest BCUT2D eigenvalue weighted by Gasteiger charge is 2.23. The number of aryl methyl sites for hydroxylation is 1. The van der Waals surface area contributed by atoms with Crippen molar-refractivity contribution in [1.82, 2.24) is 19.7 Å². The Labute approximate surface area is 166 Å². The molecule has 3 aromatic rings. The van der Waals surface area contributed by atoms with Crippen LogP contribution in [0, 0.1) is 13.8 Å². The molecule has 0 aliphatic carbocycles. The van der Waals surface area contributed by atoms with Crippen molar-refractivity contribution in [3.63, 3.8) is 0 Å². The zero-order valence-corrected chi connectivity index (χ0v) is 17.4. The minimum absolute atomic E-state index is 0.876. The van der Waals surface area contributed by atoms with Crippen molar-refractivity contribution in [2.45, 2.75) is 20.4 Å². The molecule has 0 bridgehead atoms. The second-order valence-corrected chi connectivity index (χ2v) is 9.14. The lowest BCUT2D eigenvalue weighted by Gasteiger charge is -2.36. The van der Waals surface area contributed by atoms with Crippen molar-refractivity contribution in [3.8, 4) is 5.82 Å². The molecule has 0 spiro atoms. The Morgan fingerprint density at radius 1 is 1.08 bits per heavy atom. The predicted molar refractivity (Wildman–Crippen MR) is 110 cm³/mol. The number of halogens is 1. The number of hydrogen-bond acceptors (Lipinski definition) is 5. The molecule has 0 aromatic carbocycles. The lowest BCUT2D eigenvalue weighted by atomic mass is 10.2. The molecule has 4 heterocycles. The molecule has 1 aliphatic rings. The van der Waals surface area contributed by atoms with E-state index in [4.69, 9.17) is 5.10 Å². The average molecular weight is 432 g/mol. The van der Waals surface area contributed by atoms with Crippen molar-refractivity contribution < 1.29 is 0 Å². The van der Waals surface area contributed by atoms with Crippen LogP contribution < -0.4 is 4.90 Å². The van der Waals surface area contributed by atoms with Gasteiger partial charge in [-0.05, 0) is 54.0 Å². The van der Waals surface area contributed by atoms with Crippen LogP contribution in [0.2, 0.25) is 0 Å². The lowest BCUT2D eigenvalue weighted by molar-refractivity contribution is 0.252. The zero-order chi connectivity index (χ0) is 18.1. The Morgan fingerprint density at radius 2 is 1.88 bits per heavy atom. The molecule has 4 rings (SSSR count).